The lowest BCUT2D eigenvalue weighted by atomic mass is 10.3. The van der Waals surface area contributed by atoms with Crippen molar-refractivity contribution in [3.8, 4) is 0 Å². The number of amides is 1. The molecule has 0 saturated carbocycles. The van der Waals surface area contributed by atoms with Crippen LogP contribution in [0.15, 0.2) is 12.4 Å². The maximum Gasteiger partial charge on any atom is 0.358 e. The Kier molecular flexibility index (Phi) is 5.72. The predicted octanol–water partition coefficient (Wildman–Crippen LogP) is 0.590. The highest BCUT2D eigenvalue weighted by molar-refractivity contribution is 5.87. The number of carbonyl (C=O) groups excluding carboxylic acids is 2. The highest BCUT2D eigenvalue weighted by Crippen LogP contribution is 2.04. The van der Waals surface area contributed by atoms with Crippen LogP contribution in [0.25, 0.3) is 0 Å². The van der Waals surface area contributed by atoms with Crippen LogP contribution < -0.4 is 10.6 Å². The Balaban J connectivity index is 2.57. The van der Waals surface area contributed by atoms with Gasteiger partial charge in [0.25, 0.3) is 0 Å². The van der Waals surface area contributed by atoms with Gasteiger partial charge in [-0.1, -0.05) is 6.92 Å². The van der Waals surface area contributed by atoms with Gasteiger partial charge < -0.3 is 15.4 Å². The van der Waals surface area contributed by atoms with Gasteiger partial charge in [0.1, 0.15) is 11.9 Å². The molecule has 1 heterocycles. The summed E-state index contributed by atoms with van der Waals surface area (Å²) in [7, 11) is 1.27. The first-order valence-corrected chi connectivity index (χ1v) is 6.03. The number of carbonyl (C=O) groups is 2. The summed E-state index contributed by atoms with van der Waals surface area (Å²) in [5, 5.41) is 5.66. The molecular weight excluding hydrogens is 248 g/mol. The number of ether oxygens (including phenoxy) is 1. The van der Waals surface area contributed by atoms with Crippen molar-refractivity contribution in [2.45, 2.75) is 26.3 Å². The second-order valence-corrected chi connectivity index (χ2v) is 3.94. The van der Waals surface area contributed by atoms with E-state index in [2.05, 4.69) is 25.3 Å². The third kappa shape index (κ3) is 4.53. The number of nitrogens with zero attached hydrogens (tertiary/aromatic N) is 2. The number of nitrogens with one attached hydrogen (secondary N) is 2. The maximum atomic E-state index is 11.6. The predicted molar refractivity (Wildman–Crippen MR) is 69.8 cm³/mol. The molecule has 0 aliphatic rings. The van der Waals surface area contributed by atoms with Crippen molar-refractivity contribution in [3.63, 3.8) is 0 Å². The van der Waals surface area contributed by atoms with Gasteiger partial charge in [-0.15, -0.1) is 0 Å². The molecule has 19 heavy (non-hydrogen) atoms. The first-order chi connectivity index (χ1) is 9.08. The molecule has 1 unspecified atom stereocenters. The minimum absolute atomic E-state index is 0.110. The van der Waals surface area contributed by atoms with E-state index >= 15 is 0 Å². The molecule has 7 nitrogen and oxygen atoms in total. The minimum atomic E-state index is -0.548. The molecule has 1 amide bonds. The third-order valence-electron chi connectivity index (χ3n) is 2.35. The number of aromatic nitrogens is 2. The lowest BCUT2D eigenvalue weighted by Crippen LogP contribution is -2.38. The first-order valence-electron chi connectivity index (χ1n) is 6.03. The van der Waals surface area contributed by atoms with Gasteiger partial charge in [-0.05, 0) is 13.3 Å². The van der Waals surface area contributed by atoms with E-state index in [1.165, 1.54) is 19.5 Å². The first kappa shape index (κ1) is 14.9. The highest BCUT2D eigenvalue weighted by atomic mass is 16.5. The van der Waals surface area contributed by atoms with Crippen LogP contribution >= 0.6 is 0 Å². The van der Waals surface area contributed by atoms with E-state index in [9.17, 15) is 9.59 Å². The van der Waals surface area contributed by atoms with Gasteiger partial charge >= 0.3 is 5.97 Å². The van der Waals surface area contributed by atoms with E-state index in [0.29, 0.717) is 12.4 Å². The van der Waals surface area contributed by atoms with Gasteiger partial charge in [0.05, 0.1) is 19.5 Å². The maximum absolute atomic E-state index is 11.6. The van der Waals surface area contributed by atoms with Gasteiger partial charge in [-0.2, -0.15) is 0 Å². The second-order valence-electron chi connectivity index (χ2n) is 3.94. The van der Waals surface area contributed by atoms with Crippen LogP contribution in [-0.4, -0.2) is 41.5 Å². The molecule has 1 aromatic rings. The summed E-state index contributed by atoms with van der Waals surface area (Å²) in [4.78, 5) is 30.7. The van der Waals surface area contributed by atoms with Crippen molar-refractivity contribution in [2.75, 3.05) is 19.0 Å². The van der Waals surface area contributed by atoms with Gasteiger partial charge in [-0.3, -0.25) is 4.79 Å². The molecule has 0 radical (unpaired) electrons. The van der Waals surface area contributed by atoms with Crippen molar-refractivity contribution in [1.82, 2.24) is 15.3 Å². The molecule has 0 aliphatic carbocycles. The summed E-state index contributed by atoms with van der Waals surface area (Å²) in [6.45, 7) is 4.34. The van der Waals surface area contributed by atoms with Gasteiger partial charge in [0.15, 0.2) is 5.69 Å². The zero-order valence-corrected chi connectivity index (χ0v) is 11.3. The smallest absolute Gasteiger partial charge is 0.358 e. The Hall–Kier alpha value is -2.18. The number of hydrogen-bond donors (Lipinski definition) is 2. The largest absolute Gasteiger partial charge is 0.464 e. The minimum Gasteiger partial charge on any atom is -0.464 e. The fourth-order valence-electron chi connectivity index (χ4n) is 1.30. The number of rotatable bonds is 6. The van der Waals surface area contributed by atoms with E-state index in [1.54, 1.807) is 6.92 Å². The monoisotopic (exact) mass is 266 g/mol. The summed E-state index contributed by atoms with van der Waals surface area (Å²) >= 11 is 0. The Morgan fingerprint density at radius 3 is 2.63 bits per heavy atom. The van der Waals surface area contributed by atoms with Crippen LogP contribution in [0.4, 0.5) is 5.82 Å². The molecule has 2 N–H and O–H groups in total. The van der Waals surface area contributed by atoms with Crippen LogP contribution in [0.5, 0.6) is 0 Å². The molecule has 0 spiro atoms. The third-order valence-corrected chi connectivity index (χ3v) is 2.35. The molecule has 1 rings (SSSR count). The fourth-order valence-corrected chi connectivity index (χ4v) is 1.30. The molecule has 0 fully saturated rings. The molecule has 1 aromatic heterocycles. The summed E-state index contributed by atoms with van der Waals surface area (Å²) < 4.78 is 4.51. The van der Waals surface area contributed by atoms with Crippen LogP contribution in [0.2, 0.25) is 0 Å². The standard InChI is InChI=1S/C12H18N4O3/c1-4-5-13-11(17)8(2)16-10-7-14-9(6-15-10)12(18)19-3/h6-8H,4-5H2,1-3H3,(H,13,17)(H,15,16). The molecule has 7 heteroatoms. The van der Waals surface area contributed by atoms with Gasteiger partial charge in [-0.25, -0.2) is 14.8 Å². The summed E-state index contributed by atoms with van der Waals surface area (Å²) in [6.07, 6.45) is 3.56. The van der Waals surface area contributed by atoms with Gasteiger partial charge in [0, 0.05) is 6.54 Å². The Morgan fingerprint density at radius 2 is 2.11 bits per heavy atom. The molecule has 0 aliphatic heterocycles. The summed E-state index contributed by atoms with van der Waals surface area (Å²) in [5.41, 5.74) is 0.121. The molecule has 0 bridgehead atoms. The fraction of sp³-hybridized carbons (Fsp3) is 0.500. The van der Waals surface area contributed by atoms with Crippen LogP contribution in [-0.2, 0) is 9.53 Å². The topological polar surface area (TPSA) is 93.2 Å². The van der Waals surface area contributed by atoms with Gasteiger partial charge in [0.2, 0.25) is 5.91 Å². The van der Waals surface area contributed by atoms with Crippen molar-refractivity contribution in [3.05, 3.63) is 18.1 Å². The number of methoxy groups -OCH3 is 1. The second kappa shape index (κ2) is 7.30. The quantitative estimate of drug-likeness (QED) is 0.732. The lowest BCUT2D eigenvalue weighted by molar-refractivity contribution is -0.121. The molecule has 0 saturated heterocycles. The van der Waals surface area contributed by atoms with Crippen molar-refractivity contribution < 1.29 is 14.3 Å². The van der Waals surface area contributed by atoms with E-state index in [-0.39, 0.29) is 11.6 Å². The van der Waals surface area contributed by atoms with E-state index in [0.717, 1.165) is 6.42 Å². The zero-order valence-electron chi connectivity index (χ0n) is 11.3. The van der Waals surface area contributed by atoms with Crippen LogP contribution in [0.3, 0.4) is 0 Å². The zero-order chi connectivity index (χ0) is 14.3. The van der Waals surface area contributed by atoms with Crippen molar-refractivity contribution in [2.24, 2.45) is 0 Å². The average molecular weight is 266 g/mol. The summed E-state index contributed by atoms with van der Waals surface area (Å²) in [5.74, 6) is -0.236. The Labute approximate surface area is 111 Å². The Morgan fingerprint density at radius 1 is 1.37 bits per heavy atom. The highest BCUT2D eigenvalue weighted by Gasteiger charge is 2.13. The average Bonchev–Trinajstić information content (AvgIpc) is 2.44. The lowest BCUT2D eigenvalue weighted by Gasteiger charge is -2.13. The molecular formula is C12H18N4O3. The normalized spacial score (nSPS) is 11.5. The molecule has 104 valence electrons. The van der Waals surface area contributed by atoms with Crippen molar-refractivity contribution in [1.29, 1.82) is 0 Å². The van der Waals surface area contributed by atoms with E-state index in [4.69, 9.17) is 0 Å². The summed E-state index contributed by atoms with van der Waals surface area (Å²) in [6, 6.07) is -0.426. The SMILES string of the molecule is CCCNC(=O)C(C)Nc1cnc(C(=O)OC)cn1. The number of anilines is 1. The van der Waals surface area contributed by atoms with Crippen LogP contribution in [0.1, 0.15) is 30.8 Å². The number of hydrogen-bond acceptors (Lipinski definition) is 6. The molecule has 0 aromatic carbocycles. The van der Waals surface area contributed by atoms with Crippen molar-refractivity contribution >= 4 is 17.7 Å². The Bertz CT molecular complexity index is 433. The van der Waals surface area contributed by atoms with E-state index < -0.39 is 12.0 Å². The molecule has 1 atom stereocenters. The van der Waals surface area contributed by atoms with E-state index in [1.807, 2.05) is 6.92 Å². The number of esters is 1. The van der Waals surface area contributed by atoms with Crippen LogP contribution in [0, 0.1) is 0 Å².